The smallest absolute Gasteiger partial charge is 0.308 e. The van der Waals surface area contributed by atoms with Gasteiger partial charge < -0.3 is 39.3 Å². The number of aldehydes is 1. The Morgan fingerprint density at radius 1 is 0.609 bits per heavy atom. The number of nitrogens with zero attached hydrogens (tertiary/aromatic N) is 1. The molecule has 1 aliphatic heterocycles. The third-order valence-corrected chi connectivity index (χ3v) is 11.9. The summed E-state index contributed by atoms with van der Waals surface area (Å²) in [6, 6.07) is -0.129. The van der Waals surface area contributed by atoms with Gasteiger partial charge >= 0.3 is 5.97 Å². The van der Waals surface area contributed by atoms with Crippen molar-refractivity contribution in [2.24, 2.45) is 11.8 Å². The molecule has 0 radical (unpaired) electrons. The first-order valence-electron chi connectivity index (χ1n) is 26.8. The van der Waals surface area contributed by atoms with Crippen molar-refractivity contribution < 1.29 is 38.1 Å². The van der Waals surface area contributed by atoms with Gasteiger partial charge in [-0.15, -0.1) is 0 Å². The zero-order chi connectivity index (χ0) is 47.4. The summed E-state index contributed by atoms with van der Waals surface area (Å²) in [7, 11) is 1.69. The molecule has 380 valence electrons. The van der Waals surface area contributed by atoms with Crippen LogP contribution in [0.15, 0.2) is 0 Å². The maximum atomic E-state index is 12.7. The van der Waals surface area contributed by atoms with E-state index in [-0.39, 0.29) is 23.8 Å². The van der Waals surface area contributed by atoms with Crippen LogP contribution in [0.1, 0.15) is 227 Å². The zero-order valence-corrected chi connectivity index (χ0v) is 42.9. The van der Waals surface area contributed by atoms with Crippen LogP contribution in [0.2, 0.25) is 0 Å². The van der Waals surface area contributed by atoms with E-state index in [1.165, 1.54) is 135 Å². The van der Waals surface area contributed by atoms with Gasteiger partial charge in [-0.2, -0.15) is 0 Å². The minimum absolute atomic E-state index is 0.0194. The lowest BCUT2D eigenvalue weighted by Crippen LogP contribution is -2.45. The maximum absolute atomic E-state index is 12.7. The molecule has 1 atom stereocenters. The van der Waals surface area contributed by atoms with Crippen molar-refractivity contribution in [2.75, 3.05) is 72.9 Å². The summed E-state index contributed by atoms with van der Waals surface area (Å²) >= 11 is 0. The molecule has 1 rings (SSSR count). The van der Waals surface area contributed by atoms with E-state index in [2.05, 4.69) is 54.9 Å². The summed E-state index contributed by atoms with van der Waals surface area (Å²) < 4.78 is 21.2. The second-order valence-electron chi connectivity index (χ2n) is 18.1. The van der Waals surface area contributed by atoms with Crippen LogP contribution >= 0.6 is 0 Å². The number of unbranched alkanes of at least 4 members (excludes halogenated alkanes) is 15. The van der Waals surface area contributed by atoms with E-state index in [0.29, 0.717) is 71.2 Å². The van der Waals surface area contributed by atoms with Crippen molar-refractivity contribution >= 4 is 24.6 Å². The van der Waals surface area contributed by atoms with Crippen LogP contribution in [0.4, 0.5) is 0 Å². The monoisotopic (exact) mass is 912 g/mol. The first-order chi connectivity index (χ1) is 31.4. The number of ether oxygens (including phenoxy) is 4. The van der Waals surface area contributed by atoms with Gasteiger partial charge in [-0.3, -0.25) is 14.4 Å². The fourth-order valence-corrected chi connectivity index (χ4v) is 7.85. The summed E-state index contributed by atoms with van der Waals surface area (Å²) in [6.45, 7) is 19.5. The van der Waals surface area contributed by atoms with Crippen molar-refractivity contribution in [3.63, 3.8) is 0 Å². The number of nitrogens with one attached hydrogen (secondary N) is 2. The van der Waals surface area contributed by atoms with Crippen molar-refractivity contribution in [2.45, 2.75) is 233 Å². The Bertz CT molecular complexity index is 959. The van der Waals surface area contributed by atoms with Gasteiger partial charge in [0.15, 0.2) is 0 Å². The van der Waals surface area contributed by atoms with Gasteiger partial charge in [-0.25, -0.2) is 0 Å². The summed E-state index contributed by atoms with van der Waals surface area (Å²) in [5.41, 5.74) is 0. The van der Waals surface area contributed by atoms with Gasteiger partial charge in [0, 0.05) is 39.2 Å². The second-order valence-corrected chi connectivity index (χ2v) is 18.1. The predicted octanol–water partition coefficient (Wildman–Crippen LogP) is 12.0. The molecular formula is C53H105N3O8. The van der Waals surface area contributed by atoms with Crippen molar-refractivity contribution in [1.29, 1.82) is 0 Å². The maximum Gasteiger partial charge on any atom is 0.308 e. The average molecular weight is 912 g/mol. The molecule has 11 nitrogen and oxygen atoms in total. The van der Waals surface area contributed by atoms with Crippen LogP contribution in [0.3, 0.4) is 0 Å². The number of likely N-dealkylation sites (tertiary alicyclic amines) is 1. The van der Waals surface area contributed by atoms with Crippen molar-refractivity contribution in [3.05, 3.63) is 0 Å². The fourth-order valence-electron chi connectivity index (χ4n) is 7.85. The Morgan fingerprint density at radius 2 is 1.16 bits per heavy atom. The normalized spacial score (nSPS) is 12.9. The van der Waals surface area contributed by atoms with Gasteiger partial charge in [0.25, 0.3) is 6.47 Å². The van der Waals surface area contributed by atoms with Gasteiger partial charge in [0.2, 0.25) is 5.91 Å². The molecule has 64 heavy (non-hydrogen) atoms. The molecule has 0 saturated carbocycles. The van der Waals surface area contributed by atoms with E-state index in [0.717, 1.165) is 70.8 Å². The zero-order valence-electron chi connectivity index (χ0n) is 42.9. The molecule has 0 aromatic rings. The Morgan fingerprint density at radius 3 is 1.69 bits per heavy atom. The topological polar surface area (TPSA) is 133 Å². The fraction of sp³-hybridized carbons (Fsp3) is 0.925. The molecule has 1 heterocycles. The molecular weight excluding hydrogens is 807 g/mol. The number of carbonyl (C=O) groups excluding carboxylic acids is 4. The molecule has 0 spiro atoms. The first kappa shape index (κ1) is 64.0. The SMILES string of the molecule is CCCCCCC(C=O)CCCCCC.CCCCCCC(CCCCCC)C(=O)OCCCCNCC(COCCCCOC)NC(=O)CCCCOC=O.CCCN1CCCC1. The Balaban J connectivity index is 0. The van der Waals surface area contributed by atoms with E-state index in [4.69, 9.17) is 14.2 Å². The quantitative estimate of drug-likeness (QED) is 0.0346. The van der Waals surface area contributed by atoms with E-state index < -0.39 is 0 Å². The standard InChI is InChI=1S/C32H62N2O7.C14H28O.C7H15N/c1-4-6-8-10-18-29(19-11-9-7-5-2)32(37)41-25-15-13-21-33-26-30(27-39-23-17-16-22-38-3)34-31(36)20-12-14-24-40-28-35;1-3-5-7-9-11-14(13-15)12-10-8-6-4-2;1-2-5-8-6-3-4-7-8/h28-30,33H,4-27H2,1-3H3,(H,34,36);13-14H,3-12H2,1-2H3;2-7H2,1H3. The van der Waals surface area contributed by atoms with Crippen LogP contribution < -0.4 is 10.6 Å². The highest BCUT2D eigenvalue weighted by Gasteiger charge is 2.19. The lowest BCUT2D eigenvalue weighted by atomic mass is 9.94. The number of esters is 1. The highest BCUT2D eigenvalue weighted by atomic mass is 16.5. The lowest BCUT2D eigenvalue weighted by Gasteiger charge is -2.20. The number of hydrogen-bond acceptors (Lipinski definition) is 10. The number of carbonyl (C=O) groups is 4. The summed E-state index contributed by atoms with van der Waals surface area (Å²) in [5, 5.41) is 6.47. The highest BCUT2D eigenvalue weighted by Crippen LogP contribution is 2.20. The van der Waals surface area contributed by atoms with Crippen LogP contribution in [0.25, 0.3) is 0 Å². The molecule has 0 aromatic heterocycles. The molecule has 0 aliphatic carbocycles. The predicted molar refractivity (Wildman–Crippen MR) is 267 cm³/mol. The molecule has 0 bridgehead atoms. The molecule has 2 N–H and O–H groups in total. The Hall–Kier alpha value is -2.08. The minimum Gasteiger partial charge on any atom is -0.468 e. The third kappa shape index (κ3) is 46.4. The lowest BCUT2D eigenvalue weighted by molar-refractivity contribution is -0.149. The second kappa shape index (κ2) is 53.5. The van der Waals surface area contributed by atoms with E-state index >= 15 is 0 Å². The average Bonchev–Trinajstić information content (AvgIpc) is 3.82. The highest BCUT2D eigenvalue weighted by molar-refractivity contribution is 5.76. The van der Waals surface area contributed by atoms with E-state index in [9.17, 15) is 19.2 Å². The van der Waals surface area contributed by atoms with Crippen LogP contribution in [-0.4, -0.2) is 108 Å². The Kier molecular flexibility index (Phi) is 53.5. The van der Waals surface area contributed by atoms with E-state index in [1.807, 2.05) is 0 Å². The van der Waals surface area contributed by atoms with Crippen molar-refractivity contribution in [3.8, 4) is 0 Å². The van der Waals surface area contributed by atoms with Gasteiger partial charge in [-0.1, -0.05) is 137 Å². The molecule has 11 heteroatoms. The molecule has 1 amide bonds. The number of methoxy groups -OCH3 is 1. The Labute approximate surface area is 395 Å². The molecule has 1 fully saturated rings. The van der Waals surface area contributed by atoms with Gasteiger partial charge in [0.05, 0.1) is 31.8 Å². The van der Waals surface area contributed by atoms with Crippen LogP contribution in [-0.2, 0) is 38.1 Å². The first-order valence-corrected chi connectivity index (χ1v) is 26.8. The largest absolute Gasteiger partial charge is 0.468 e. The van der Waals surface area contributed by atoms with Crippen LogP contribution in [0.5, 0.6) is 0 Å². The molecule has 1 unspecified atom stereocenters. The van der Waals surface area contributed by atoms with Gasteiger partial charge in [0.1, 0.15) is 6.29 Å². The molecule has 1 aliphatic rings. The minimum atomic E-state index is -0.129. The summed E-state index contributed by atoms with van der Waals surface area (Å²) in [5.74, 6) is 0.336. The molecule has 1 saturated heterocycles. The summed E-state index contributed by atoms with van der Waals surface area (Å²) in [6.07, 6.45) is 34.5. The van der Waals surface area contributed by atoms with E-state index in [1.54, 1.807) is 7.11 Å². The number of amides is 1. The summed E-state index contributed by atoms with van der Waals surface area (Å²) in [4.78, 5) is 48.7. The number of rotatable bonds is 45. The molecule has 0 aromatic carbocycles. The van der Waals surface area contributed by atoms with Gasteiger partial charge in [-0.05, 0) is 110 Å². The number of hydrogen-bond donors (Lipinski definition) is 2. The van der Waals surface area contributed by atoms with Crippen LogP contribution in [0, 0.1) is 11.8 Å². The third-order valence-electron chi connectivity index (χ3n) is 11.9. The van der Waals surface area contributed by atoms with Crippen molar-refractivity contribution in [1.82, 2.24) is 15.5 Å².